The molecule has 0 heterocycles. The lowest BCUT2D eigenvalue weighted by Crippen LogP contribution is -2.45. The average Bonchev–Trinajstić information content (AvgIpc) is 2.45. The number of likely N-dealkylation sites (N-methyl/N-ethyl adjacent to an activating group) is 2. The summed E-state index contributed by atoms with van der Waals surface area (Å²) >= 11 is 0. The predicted octanol–water partition coefficient (Wildman–Crippen LogP) is 1.47. The summed E-state index contributed by atoms with van der Waals surface area (Å²) in [7, 11) is 8.06. The fraction of sp³-hybridized carbons (Fsp3) is 0.938. The van der Waals surface area contributed by atoms with Crippen LogP contribution in [0, 0.1) is 0 Å². The largest absolute Gasteiger partial charge is 0.385 e. The van der Waals surface area contributed by atoms with E-state index in [4.69, 9.17) is 9.73 Å². The normalized spacial score (nSPS) is 12.5. The van der Waals surface area contributed by atoms with Crippen LogP contribution in [-0.4, -0.2) is 88.9 Å². The number of hydrogen-bond donors (Lipinski definition) is 2. The standard InChI is InChI=1S/C16H37N5O.HI/c1-8-17-15(19-14-16(2,3)20(4)5)18-10-12-21(6)11-9-13-22-7;/h8-14H2,1-7H3,(H2,17,18,19);1H. The molecule has 0 aromatic heterocycles. The van der Waals surface area contributed by atoms with E-state index < -0.39 is 0 Å². The average molecular weight is 443 g/mol. The zero-order valence-electron chi connectivity index (χ0n) is 16.1. The van der Waals surface area contributed by atoms with Gasteiger partial charge in [0.15, 0.2) is 5.96 Å². The van der Waals surface area contributed by atoms with Crippen LogP contribution in [0.3, 0.4) is 0 Å². The van der Waals surface area contributed by atoms with Crippen molar-refractivity contribution in [2.45, 2.75) is 32.7 Å². The Labute approximate surface area is 160 Å². The van der Waals surface area contributed by atoms with E-state index in [9.17, 15) is 0 Å². The maximum Gasteiger partial charge on any atom is 0.191 e. The summed E-state index contributed by atoms with van der Waals surface area (Å²) in [4.78, 5) is 9.20. The Bertz CT molecular complexity index is 311. The van der Waals surface area contributed by atoms with E-state index in [1.54, 1.807) is 7.11 Å². The van der Waals surface area contributed by atoms with E-state index in [1.165, 1.54) is 0 Å². The van der Waals surface area contributed by atoms with E-state index in [0.717, 1.165) is 51.7 Å². The number of nitrogens with zero attached hydrogens (tertiary/aromatic N) is 3. The Morgan fingerprint density at radius 1 is 1.13 bits per heavy atom. The minimum atomic E-state index is 0. The number of rotatable bonds is 11. The zero-order valence-corrected chi connectivity index (χ0v) is 18.4. The van der Waals surface area contributed by atoms with Crippen LogP contribution in [0.15, 0.2) is 4.99 Å². The van der Waals surface area contributed by atoms with Gasteiger partial charge in [0.2, 0.25) is 0 Å². The molecule has 0 atom stereocenters. The molecule has 2 N–H and O–H groups in total. The number of guanidine groups is 1. The Balaban J connectivity index is 0. The second-order valence-electron chi connectivity index (χ2n) is 6.48. The number of methoxy groups -OCH3 is 1. The van der Waals surface area contributed by atoms with Crippen LogP contribution in [0.25, 0.3) is 0 Å². The molecule has 0 fully saturated rings. The highest BCUT2D eigenvalue weighted by Gasteiger charge is 2.19. The zero-order chi connectivity index (χ0) is 17.0. The molecule has 140 valence electrons. The Hall–Kier alpha value is -0.120. The molecule has 0 amide bonds. The number of hydrogen-bond acceptors (Lipinski definition) is 4. The van der Waals surface area contributed by atoms with Crippen molar-refractivity contribution in [3.05, 3.63) is 0 Å². The minimum Gasteiger partial charge on any atom is -0.385 e. The van der Waals surface area contributed by atoms with Gasteiger partial charge in [0.05, 0.1) is 6.54 Å². The van der Waals surface area contributed by atoms with Crippen molar-refractivity contribution < 1.29 is 4.74 Å². The summed E-state index contributed by atoms with van der Waals surface area (Å²) in [6.07, 6.45) is 1.07. The lowest BCUT2D eigenvalue weighted by molar-refractivity contribution is 0.180. The fourth-order valence-electron chi connectivity index (χ4n) is 1.71. The molecular weight excluding hydrogens is 405 g/mol. The summed E-state index contributed by atoms with van der Waals surface area (Å²) in [5, 5.41) is 6.70. The molecule has 6 nitrogen and oxygen atoms in total. The van der Waals surface area contributed by atoms with Crippen molar-refractivity contribution in [1.29, 1.82) is 0 Å². The van der Waals surface area contributed by atoms with Gasteiger partial charge in [0.25, 0.3) is 0 Å². The van der Waals surface area contributed by atoms with Gasteiger partial charge in [-0.15, -0.1) is 24.0 Å². The third-order valence-corrected chi connectivity index (χ3v) is 3.85. The second-order valence-corrected chi connectivity index (χ2v) is 6.48. The lowest BCUT2D eigenvalue weighted by Gasteiger charge is -2.31. The third-order valence-electron chi connectivity index (χ3n) is 3.85. The number of aliphatic imine (C=N–C) groups is 1. The van der Waals surface area contributed by atoms with Crippen LogP contribution in [-0.2, 0) is 4.74 Å². The van der Waals surface area contributed by atoms with Crippen LogP contribution in [0.4, 0.5) is 0 Å². The maximum absolute atomic E-state index is 5.07. The van der Waals surface area contributed by atoms with E-state index in [-0.39, 0.29) is 29.5 Å². The van der Waals surface area contributed by atoms with Gasteiger partial charge in [-0.2, -0.15) is 0 Å². The van der Waals surface area contributed by atoms with Crippen molar-refractivity contribution in [1.82, 2.24) is 20.4 Å². The van der Waals surface area contributed by atoms with Crippen molar-refractivity contribution in [2.75, 3.05) is 67.6 Å². The van der Waals surface area contributed by atoms with Crippen molar-refractivity contribution >= 4 is 29.9 Å². The first-order valence-electron chi connectivity index (χ1n) is 8.20. The Kier molecular flexibility index (Phi) is 15.6. The van der Waals surface area contributed by atoms with Crippen LogP contribution < -0.4 is 10.6 Å². The quantitative estimate of drug-likeness (QED) is 0.219. The summed E-state index contributed by atoms with van der Waals surface area (Å²) in [5.74, 6) is 0.891. The SMILES string of the molecule is CCNC(=NCC(C)(C)N(C)C)NCCN(C)CCCOC.I. The van der Waals surface area contributed by atoms with Gasteiger partial charge in [0, 0.05) is 45.4 Å². The molecule has 0 saturated carbocycles. The van der Waals surface area contributed by atoms with Crippen molar-refractivity contribution in [3.8, 4) is 0 Å². The molecule has 0 aromatic rings. The molecule has 0 unspecified atom stereocenters. The number of nitrogens with one attached hydrogen (secondary N) is 2. The molecular formula is C16H38IN5O. The minimum absolute atomic E-state index is 0. The number of halogens is 1. The highest BCUT2D eigenvalue weighted by molar-refractivity contribution is 14.0. The Morgan fingerprint density at radius 2 is 1.78 bits per heavy atom. The van der Waals surface area contributed by atoms with Gasteiger partial charge in [-0.1, -0.05) is 0 Å². The molecule has 0 radical (unpaired) electrons. The summed E-state index contributed by atoms with van der Waals surface area (Å²) in [5.41, 5.74) is 0.0549. The monoisotopic (exact) mass is 443 g/mol. The van der Waals surface area contributed by atoms with E-state index in [1.807, 2.05) is 0 Å². The first kappa shape index (κ1) is 25.1. The van der Waals surface area contributed by atoms with E-state index in [0.29, 0.717) is 0 Å². The van der Waals surface area contributed by atoms with Crippen molar-refractivity contribution in [3.63, 3.8) is 0 Å². The molecule has 23 heavy (non-hydrogen) atoms. The fourth-order valence-corrected chi connectivity index (χ4v) is 1.71. The van der Waals surface area contributed by atoms with Gasteiger partial charge in [-0.25, -0.2) is 0 Å². The maximum atomic E-state index is 5.07. The molecule has 7 heteroatoms. The first-order valence-corrected chi connectivity index (χ1v) is 8.20. The molecule has 0 aliphatic rings. The molecule has 0 bridgehead atoms. The van der Waals surface area contributed by atoms with Gasteiger partial charge >= 0.3 is 0 Å². The highest BCUT2D eigenvalue weighted by atomic mass is 127. The molecule has 0 rings (SSSR count). The highest BCUT2D eigenvalue weighted by Crippen LogP contribution is 2.09. The van der Waals surface area contributed by atoms with Gasteiger partial charge < -0.3 is 25.2 Å². The van der Waals surface area contributed by atoms with Gasteiger partial charge in [-0.05, 0) is 48.3 Å². The second kappa shape index (κ2) is 14.2. The Morgan fingerprint density at radius 3 is 2.30 bits per heavy atom. The van der Waals surface area contributed by atoms with Gasteiger partial charge in [0.1, 0.15) is 0 Å². The smallest absolute Gasteiger partial charge is 0.191 e. The molecule has 0 aliphatic heterocycles. The summed E-state index contributed by atoms with van der Waals surface area (Å²) in [6.45, 7) is 11.9. The van der Waals surface area contributed by atoms with Crippen LogP contribution in [0.2, 0.25) is 0 Å². The van der Waals surface area contributed by atoms with Crippen LogP contribution in [0.1, 0.15) is 27.2 Å². The number of ether oxygens (including phenoxy) is 1. The van der Waals surface area contributed by atoms with E-state index in [2.05, 4.69) is 62.3 Å². The van der Waals surface area contributed by atoms with E-state index >= 15 is 0 Å². The molecule has 0 spiro atoms. The molecule has 0 aliphatic carbocycles. The van der Waals surface area contributed by atoms with Crippen LogP contribution >= 0.6 is 24.0 Å². The van der Waals surface area contributed by atoms with Crippen molar-refractivity contribution in [2.24, 2.45) is 4.99 Å². The first-order chi connectivity index (χ1) is 10.3. The van der Waals surface area contributed by atoms with Crippen LogP contribution in [0.5, 0.6) is 0 Å². The molecule has 0 aromatic carbocycles. The third kappa shape index (κ3) is 12.9. The molecule has 0 saturated heterocycles. The van der Waals surface area contributed by atoms with Gasteiger partial charge in [-0.3, -0.25) is 4.99 Å². The summed E-state index contributed by atoms with van der Waals surface area (Å²) in [6, 6.07) is 0. The summed E-state index contributed by atoms with van der Waals surface area (Å²) < 4.78 is 5.07. The predicted molar refractivity (Wildman–Crippen MR) is 111 cm³/mol. The lowest BCUT2D eigenvalue weighted by atomic mass is 10.1. The topological polar surface area (TPSA) is 52.1 Å².